The monoisotopic (exact) mass is 418 g/mol. The highest BCUT2D eigenvalue weighted by Crippen LogP contribution is 2.43. The summed E-state index contributed by atoms with van der Waals surface area (Å²) in [4.78, 5) is 20.7. The predicted octanol–water partition coefficient (Wildman–Crippen LogP) is 3.32. The van der Waals surface area contributed by atoms with Crippen LogP contribution in [0.3, 0.4) is 0 Å². The van der Waals surface area contributed by atoms with Crippen LogP contribution in [0, 0.1) is 6.92 Å². The van der Waals surface area contributed by atoms with Crippen molar-refractivity contribution in [1.82, 2.24) is 25.5 Å². The number of aromatic nitrogens is 4. The van der Waals surface area contributed by atoms with Crippen LogP contribution in [0.2, 0.25) is 0 Å². The Kier molecular flexibility index (Phi) is 3.87. The van der Waals surface area contributed by atoms with Crippen LogP contribution in [-0.4, -0.2) is 39.0 Å². The lowest BCUT2D eigenvalue weighted by atomic mass is 9.82. The number of hydrogen-bond acceptors (Lipinski definition) is 7. The van der Waals surface area contributed by atoms with Gasteiger partial charge in [0.15, 0.2) is 21.8 Å². The van der Waals surface area contributed by atoms with Gasteiger partial charge in [0.05, 0.1) is 23.5 Å². The molecule has 150 valence electrons. The molecule has 2 aliphatic rings. The minimum Gasteiger partial charge on any atom is -0.453 e. The van der Waals surface area contributed by atoms with Gasteiger partial charge in [0.1, 0.15) is 5.76 Å². The smallest absolute Gasteiger partial charge is 0.175 e. The van der Waals surface area contributed by atoms with Crippen LogP contribution in [0.25, 0.3) is 11.0 Å². The summed E-state index contributed by atoms with van der Waals surface area (Å²) in [5.41, 5.74) is 5.60. The molecule has 8 nitrogen and oxygen atoms in total. The van der Waals surface area contributed by atoms with E-state index in [-0.39, 0.29) is 11.7 Å². The van der Waals surface area contributed by atoms with Crippen molar-refractivity contribution in [3.8, 4) is 0 Å². The average molecular weight is 418 g/mol. The Morgan fingerprint density at radius 1 is 1.20 bits per heavy atom. The third-order valence-corrected chi connectivity index (χ3v) is 6.26. The maximum atomic E-state index is 12.7. The Hall–Kier alpha value is -3.30. The molecule has 0 spiro atoms. The van der Waals surface area contributed by atoms with E-state index in [4.69, 9.17) is 4.42 Å². The number of H-pyrrole nitrogens is 2. The minimum absolute atomic E-state index is 0.0684. The number of aromatic amines is 2. The van der Waals surface area contributed by atoms with Crippen LogP contribution < -0.4 is 10.6 Å². The van der Waals surface area contributed by atoms with Crippen LogP contribution in [0.5, 0.6) is 0 Å². The van der Waals surface area contributed by atoms with Crippen molar-refractivity contribution in [3.05, 3.63) is 64.7 Å². The van der Waals surface area contributed by atoms with Crippen molar-refractivity contribution in [2.24, 2.45) is 0 Å². The number of Topliss-reactive ketones (excluding diaryl/α,β-unsaturated/α-hetero) is 1. The summed E-state index contributed by atoms with van der Waals surface area (Å²) in [5.74, 6) is 1.24. The van der Waals surface area contributed by atoms with Gasteiger partial charge in [-0.1, -0.05) is 6.07 Å². The standard InChI is InChI=1S/C21H18N6O2S/c1-10-2-3-12-13(6-10)26-21(25-12)30-17-5-4-16(29-17)18-11-7-23-27-20(11)24-14-8-22-9-15(28)19(14)18/h2-7,18,22H,8-9H2,1H3,(H,25,26)(H2,23,24,27)/t18-/m0/s1. The average Bonchev–Trinajstić information content (AvgIpc) is 3.45. The molecular formula is C21H18N6O2S. The molecule has 9 heteroatoms. The number of imidazole rings is 1. The topological polar surface area (TPSA) is 112 Å². The minimum atomic E-state index is -0.280. The van der Waals surface area contributed by atoms with E-state index in [0.717, 1.165) is 44.6 Å². The van der Waals surface area contributed by atoms with Gasteiger partial charge in [-0.2, -0.15) is 5.10 Å². The molecule has 0 radical (unpaired) electrons. The lowest BCUT2D eigenvalue weighted by Crippen LogP contribution is -2.39. The van der Waals surface area contributed by atoms with E-state index in [1.807, 2.05) is 31.3 Å². The third kappa shape index (κ3) is 2.78. The summed E-state index contributed by atoms with van der Waals surface area (Å²) in [6.45, 7) is 2.98. The van der Waals surface area contributed by atoms with Gasteiger partial charge in [-0.3, -0.25) is 9.89 Å². The van der Waals surface area contributed by atoms with Crippen molar-refractivity contribution in [1.29, 1.82) is 0 Å². The van der Waals surface area contributed by atoms with Gasteiger partial charge in [0.25, 0.3) is 0 Å². The molecule has 6 rings (SSSR count). The third-order valence-electron chi connectivity index (χ3n) is 5.45. The summed E-state index contributed by atoms with van der Waals surface area (Å²) in [7, 11) is 0. The molecule has 0 amide bonds. The molecule has 0 unspecified atom stereocenters. The maximum Gasteiger partial charge on any atom is 0.175 e. The molecule has 0 saturated carbocycles. The molecule has 3 aromatic heterocycles. The predicted molar refractivity (Wildman–Crippen MR) is 113 cm³/mol. The Balaban J connectivity index is 1.36. The number of aryl methyl sites for hydroxylation is 1. The number of nitrogens with zero attached hydrogens (tertiary/aromatic N) is 2. The first kappa shape index (κ1) is 17.5. The van der Waals surface area contributed by atoms with Crippen LogP contribution >= 0.6 is 11.8 Å². The quantitative estimate of drug-likeness (QED) is 0.404. The Bertz CT molecular complexity index is 1330. The molecule has 1 aromatic carbocycles. The Morgan fingerprint density at radius 2 is 2.13 bits per heavy atom. The van der Waals surface area contributed by atoms with Crippen molar-refractivity contribution < 1.29 is 9.21 Å². The van der Waals surface area contributed by atoms with E-state index < -0.39 is 0 Å². The number of rotatable bonds is 3. The van der Waals surface area contributed by atoms with E-state index in [0.29, 0.717) is 18.2 Å². The van der Waals surface area contributed by atoms with Gasteiger partial charge in [-0.15, -0.1) is 0 Å². The molecule has 1 atom stereocenters. The van der Waals surface area contributed by atoms with E-state index in [1.54, 1.807) is 0 Å². The first-order valence-electron chi connectivity index (χ1n) is 9.67. The second-order valence-corrected chi connectivity index (χ2v) is 8.48. The van der Waals surface area contributed by atoms with E-state index in [1.165, 1.54) is 17.3 Å². The summed E-state index contributed by atoms with van der Waals surface area (Å²) >= 11 is 1.43. The maximum absolute atomic E-state index is 12.7. The van der Waals surface area contributed by atoms with Crippen LogP contribution in [0.1, 0.15) is 22.8 Å². The number of anilines is 1. The highest BCUT2D eigenvalue weighted by atomic mass is 32.2. The van der Waals surface area contributed by atoms with Crippen molar-refractivity contribution in [2.75, 3.05) is 18.4 Å². The van der Waals surface area contributed by atoms with Gasteiger partial charge in [0, 0.05) is 29.6 Å². The summed E-state index contributed by atoms with van der Waals surface area (Å²) in [6.07, 6.45) is 1.82. The Morgan fingerprint density at radius 3 is 3.07 bits per heavy atom. The number of nitrogens with one attached hydrogen (secondary N) is 4. The van der Waals surface area contributed by atoms with Crippen LogP contribution in [0.15, 0.2) is 62.5 Å². The summed E-state index contributed by atoms with van der Waals surface area (Å²) in [6, 6.07) is 9.99. The number of carbonyl (C=O) groups is 1. The fourth-order valence-electron chi connectivity index (χ4n) is 4.10. The lowest BCUT2D eigenvalue weighted by Gasteiger charge is -2.30. The fraction of sp³-hybridized carbons (Fsp3) is 0.190. The van der Waals surface area contributed by atoms with Crippen LogP contribution in [0.4, 0.5) is 5.82 Å². The molecule has 30 heavy (non-hydrogen) atoms. The van der Waals surface area contributed by atoms with Crippen molar-refractivity contribution >= 4 is 34.4 Å². The second-order valence-electron chi connectivity index (χ2n) is 7.49. The van der Waals surface area contributed by atoms with E-state index >= 15 is 0 Å². The summed E-state index contributed by atoms with van der Waals surface area (Å²) in [5, 5.41) is 15.1. The number of carbonyl (C=O) groups excluding carboxylic acids is 1. The molecule has 4 N–H and O–H groups in total. The van der Waals surface area contributed by atoms with E-state index in [9.17, 15) is 4.79 Å². The zero-order valence-electron chi connectivity index (χ0n) is 16.1. The number of furan rings is 1. The molecule has 5 heterocycles. The van der Waals surface area contributed by atoms with Gasteiger partial charge in [-0.25, -0.2) is 4.98 Å². The van der Waals surface area contributed by atoms with Gasteiger partial charge in [-0.05, 0) is 48.5 Å². The molecule has 0 bridgehead atoms. The van der Waals surface area contributed by atoms with Gasteiger partial charge in [0.2, 0.25) is 0 Å². The van der Waals surface area contributed by atoms with Gasteiger partial charge < -0.3 is 20.0 Å². The zero-order valence-corrected chi connectivity index (χ0v) is 16.9. The van der Waals surface area contributed by atoms with Crippen molar-refractivity contribution in [2.45, 2.75) is 23.1 Å². The number of hydrogen-bond donors (Lipinski definition) is 4. The number of ketones is 1. The SMILES string of the molecule is Cc1ccc2[nH]c(Sc3ccc([C@H]4C5=C(CNCC5=O)Nc5n[nH]cc54)o3)nc2c1. The largest absolute Gasteiger partial charge is 0.453 e. The zero-order chi connectivity index (χ0) is 20.2. The Labute approximate surface area is 175 Å². The molecular weight excluding hydrogens is 400 g/mol. The van der Waals surface area contributed by atoms with Crippen LogP contribution in [-0.2, 0) is 4.79 Å². The molecule has 0 fully saturated rings. The molecule has 0 saturated heterocycles. The fourth-order valence-corrected chi connectivity index (χ4v) is 4.87. The number of benzene rings is 1. The second kappa shape index (κ2) is 6.61. The normalized spacial score (nSPS) is 18.4. The molecule has 4 aromatic rings. The number of fused-ring (bicyclic) bond motifs is 2. The highest BCUT2D eigenvalue weighted by Gasteiger charge is 2.38. The lowest BCUT2D eigenvalue weighted by molar-refractivity contribution is -0.115. The molecule has 2 aliphatic heterocycles. The first-order valence-corrected chi connectivity index (χ1v) is 10.5. The van der Waals surface area contributed by atoms with Crippen molar-refractivity contribution in [3.63, 3.8) is 0 Å². The van der Waals surface area contributed by atoms with E-state index in [2.05, 4.69) is 42.9 Å². The first-order chi connectivity index (χ1) is 14.7. The highest BCUT2D eigenvalue weighted by molar-refractivity contribution is 7.99. The molecule has 0 aliphatic carbocycles. The van der Waals surface area contributed by atoms with Gasteiger partial charge >= 0.3 is 0 Å². The summed E-state index contributed by atoms with van der Waals surface area (Å²) < 4.78 is 6.20.